The Bertz CT molecular complexity index is 1120. The standard InChI is InChI=1S/C23H25FN4O3/c1-15-7-8-18-16(13-15)21(22(25-18)23(30)31-2)26-20(29)14-27-9-11-28(12-10-27)19-6-4-3-5-17(19)24/h3-8,13,25H,9-12,14H2,1-2H3,(H,26,29)/p+1. The minimum absolute atomic E-state index is 0.179. The van der Waals surface area contributed by atoms with Crippen molar-refractivity contribution in [2.45, 2.75) is 6.92 Å². The molecule has 4 rings (SSSR count). The summed E-state index contributed by atoms with van der Waals surface area (Å²) < 4.78 is 18.9. The average Bonchev–Trinajstić information content (AvgIpc) is 3.11. The van der Waals surface area contributed by atoms with Gasteiger partial charge in [-0.25, -0.2) is 9.18 Å². The lowest BCUT2D eigenvalue weighted by Gasteiger charge is -2.33. The molecule has 1 aliphatic heterocycles. The normalized spacial score (nSPS) is 14.6. The number of carbonyl (C=O) groups is 2. The van der Waals surface area contributed by atoms with Crippen LogP contribution in [0.2, 0.25) is 0 Å². The van der Waals surface area contributed by atoms with E-state index in [0.717, 1.165) is 34.5 Å². The van der Waals surface area contributed by atoms with Crippen LogP contribution in [-0.2, 0) is 9.53 Å². The third-order valence-electron chi connectivity index (χ3n) is 5.68. The first-order valence-corrected chi connectivity index (χ1v) is 10.3. The van der Waals surface area contributed by atoms with Crippen molar-refractivity contribution in [3.63, 3.8) is 0 Å². The zero-order valence-electron chi connectivity index (χ0n) is 17.6. The fourth-order valence-electron chi connectivity index (χ4n) is 4.05. The number of aromatic nitrogens is 1. The number of benzene rings is 2. The molecule has 0 atom stereocenters. The number of nitrogens with one attached hydrogen (secondary N) is 3. The topological polar surface area (TPSA) is 78.9 Å². The van der Waals surface area contributed by atoms with E-state index in [4.69, 9.17) is 4.74 Å². The number of esters is 1. The van der Waals surface area contributed by atoms with Gasteiger partial charge >= 0.3 is 5.97 Å². The molecule has 0 radical (unpaired) electrons. The number of quaternary nitrogens is 1. The number of amides is 1. The highest BCUT2D eigenvalue weighted by atomic mass is 19.1. The molecule has 2 aromatic carbocycles. The minimum atomic E-state index is -0.532. The van der Waals surface area contributed by atoms with Gasteiger partial charge in [-0.2, -0.15) is 0 Å². The number of rotatable bonds is 5. The van der Waals surface area contributed by atoms with E-state index in [1.165, 1.54) is 13.2 Å². The van der Waals surface area contributed by atoms with E-state index in [9.17, 15) is 14.0 Å². The number of H-pyrrole nitrogens is 1. The Morgan fingerprint density at radius 3 is 2.65 bits per heavy atom. The summed E-state index contributed by atoms with van der Waals surface area (Å²) in [6, 6.07) is 12.5. The molecule has 3 N–H and O–H groups in total. The molecule has 0 unspecified atom stereocenters. The molecule has 3 aromatic rings. The van der Waals surface area contributed by atoms with Gasteiger partial charge in [0.15, 0.2) is 6.54 Å². The first-order chi connectivity index (χ1) is 15.0. The van der Waals surface area contributed by atoms with Gasteiger partial charge < -0.3 is 24.8 Å². The van der Waals surface area contributed by atoms with Crippen molar-refractivity contribution in [2.75, 3.05) is 50.1 Å². The first kappa shape index (κ1) is 20.9. The molecular weight excluding hydrogens is 399 g/mol. The second kappa shape index (κ2) is 8.77. The predicted octanol–water partition coefficient (Wildman–Crippen LogP) is 1.75. The van der Waals surface area contributed by atoms with E-state index in [1.54, 1.807) is 12.1 Å². The summed E-state index contributed by atoms with van der Waals surface area (Å²) in [5.41, 5.74) is 3.05. The molecule has 0 spiro atoms. The summed E-state index contributed by atoms with van der Waals surface area (Å²) in [4.78, 5) is 31.2. The minimum Gasteiger partial charge on any atom is -0.464 e. The van der Waals surface area contributed by atoms with Gasteiger partial charge in [-0.15, -0.1) is 0 Å². The van der Waals surface area contributed by atoms with Crippen LogP contribution >= 0.6 is 0 Å². The van der Waals surface area contributed by atoms with Crippen molar-refractivity contribution >= 4 is 34.2 Å². The first-order valence-electron chi connectivity index (χ1n) is 10.3. The van der Waals surface area contributed by atoms with Gasteiger partial charge in [0, 0.05) is 10.9 Å². The number of hydrogen-bond acceptors (Lipinski definition) is 4. The van der Waals surface area contributed by atoms with Gasteiger partial charge in [-0.1, -0.05) is 23.8 Å². The highest BCUT2D eigenvalue weighted by Gasteiger charge is 2.26. The lowest BCUT2D eigenvalue weighted by atomic mass is 10.1. The number of hydrogen-bond donors (Lipinski definition) is 3. The third-order valence-corrected chi connectivity index (χ3v) is 5.68. The van der Waals surface area contributed by atoms with Crippen LogP contribution < -0.4 is 15.1 Å². The molecule has 1 aliphatic rings. The molecule has 0 aliphatic carbocycles. The van der Waals surface area contributed by atoms with Crippen molar-refractivity contribution in [3.05, 3.63) is 59.5 Å². The number of ether oxygens (including phenoxy) is 1. The molecule has 162 valence electrons. The van der Waals surface area contributed by atoms with Crippen LogP contribution in [0.25, 0.3) is 10.9 Å². The fraction of sp³-hybridized carbons (Fsp3) is 0.304. The SMILES string of the molecule is COC(=O)c1[nH]c2ccc(C)cc2c1NC(=O)C[NH+]1CCN(c2ccccc2F)CC1. The van der Waals surface area contributed by atoms with Crippen LogP contribution in [0.1, 0.15) is 16.1 Å². The molecule has 2 heterocycles. The van der Waals surface area contributed by atoms with Gasteiger partial charge in [-0.3, -0.25) is 4.79 Å². The maximum absolute atomic E-state index is 14.0. The van der Waals surface area contributed by atoms with E-state index in [-0.39, 0.29) is 24.0 Å². The molecule has 31 heavy (non-hydrogen) atoms. The number of nitrogens with zero attached hydrogens (tertiary/aromatic N) is 1. The van der Waals surface area contributed by atoms with Crippen molar-refractivity contribution in [3.8, 4) is 0 Å². The largest absolute Gasteiger partial charge is 0.464 e. The van der Waals surface area contributed by atoms with Gasteiger partial charge in [-0.05, 0) is 31.2 Å². The van der Waals surface area contributed by atoms with E-state index < -0.39 is 5.97 Å². The van der Waals surface area contributed by atoms with Crippen LogP contribution in [0.5, 0.6) is 0 Å². The van der Waals surface area contributed by atoms with Crippen molar-refractivity contribution in [1.82, 2.24) is 4.98 Å². The quantitative estimate of drug-likeness (QED) is 0.545. The number of fused-ring (bicyclic) bond motifs is 1. The molecule has 0 bridgehead atoms. The number of para-hydroxylation sites is 1. The Hall–Kier alpha value is -3.39. The van der Waals surface area contributed by atoms with Crippen LogP contribution in [0.3, 0.4) is 0 Å². The van der Waals surface area contributed by atoms with Crippen molar-refractivity contribution < 1.29 is 23.6 Å². The third kappa shape index (κ3) is 4.39. The number of carbonyl (C=O) groups excluding carboxylic acids is 2. The van der Waals surface area contributed by atoms with E-state index in [2.05, 4.69) is 10.3 Å². The lowest BCUT2D eigenvalue weighted by molar-refractivity contribution is -0.892. The highest BCUT2D eigenvalue weighted by molar-refractivity contribution is 6.11. The van der Waals surface area contributed by atoms with E-state index in [0.29, 0.717) is 24.5 Å². The summed E-state index contributed by atoms with van der Waals surface area (Å²) >= 11 is 0. The van der Waals surface area contributed by atoms with Crippen molar-refractivity contribution in [1.29, 1.82) is 0 Å². The number of aromatic amines is 1. The highest BCUT2D eigenvalue weighted by Crippen LogP contribution is 2.29. The lowest BCUT2D eigenvalue weighted by Crippen LogP contribution is -3.15. The fourth-order valence-corrected chi connectivity index (χ4v) is 4.05. The molecule has 8 heteroatoms. The Labute approximate surface area is 179 Å². The number of piperazine rings is 1. The Morgan fingerprint density at radius 1 is 1.19 bits per heavy atom. The molecular formula is C23H26FN4O3+. The summed E-state index contributed by atoms with van der Waals surface area (Å²) in [6.07, 6.45) is 0. The average molecular weight is 425 g/mol. The van der Waals surface area contributed by atoms with Gasteiger partial charge in [0.05, 0.1) is 44.7 Å². The van der Waals surface area contributed by atoms with Gasteiger partial charge in [0.25, 0.3) is 5.91 Å². The number of anilines is 2. The Kier molecular flexibility index (Phi) is 5.90. The monoisotopic (exact) mass is 425 g/mol. The molecule has 1 aromatic heterocycles. The Balaban J connectivity index is 1.44. The van der Waals surface area contributed by atoms with E-state index in [1.807, 2.05) is 36.1 Å². The van der Waals surface area contributed by atoms with Crippen LogP contribution in [0.15, 0.2) is 42.5 Å². The number of halogens is 1. The molecule has 0 saturated carbocycles. The van der Waals surface area contributed by atoms with Gasteiger partial charge in [0.1, 0.15) is 11.5 Å². The van der Waals surface area contributed by atoms with Gasteiger partial charge in [0.2, 0.25) is 0 Å². The maximum atomic E-state index is 14.0. The zero-order chi connectivity index (χ0) is 22.0. The van der Waals surface area contributed by atoms with Crippen LogP contribution in [0.4, 0.5) is 15.8 Å². The number of methoxy groups -OCH3 is 1. The maximum Gasteiger partial charge on any atom is 0.356 e. The zero-order valence-corrected chi connectivity index (χ0v) is 17.6. The second-order valence-corrected chi connectivity index (χ2v) is 7.83. The Morgan fingerprint density at radius 2 is 1.94 bits per heavy atom. The summed E-state index contributed by atoms with van der Waals surface area (Å²) in [5.74, 6) is -0.939. The van der Waals surface area contributed by atoms with E-state index >= 15 is 0 Å². The summed E-state index contributed by atoms with van der Waals surface area (Å²) in [7, 11) is 1.31. The molecule has 1 fully saturated rings. The molecule has 1 saturated heterocycles. The second-order valence-electron chi connectivity index (χ2n) is 7.83. The smallest absolute Gasteiger partial charge is 0.356 e. The summed E-state index contributed by atoms with van der Waals surface area (Å²) in [6.45, 7) is 5.00. The van der Waals surface area contributed by atoms with Crippen molar-refractivity contribution in [2.24, 2.45) is 0 Å². The predicted molar refractivity (Wildman–Crippen MR) is 117 cm³/mol. The molecule has 7 nitrogen and oxygen atoms in total. The number of aryl methyl sites for hydroxylation is 1. The summed E-state index contributed by atoms with van der Waals surface area (Å²) in [5, 5.41) is 3.68. The molecule has 1 amide bonds. The van der Waals surface area contributed by atoms with Crippen LogP contribution in [0, 0.1) is 12.7 Å². The van der Waals surface area contributed by atoms with Crippen LogP contribution in [-0.4, -0.2) is 56.7 Å².